The monoisotopic (exact) mass is 378 g/mol. The number of hydrogen-bond donors (Lipinski definition) is 1. The van der Waals surface area contributed by atoms with Crippen LogP contribution < -0.4 is 14.9 Å². The van der Waals surface area contributed by atoms with Crippen molar-refractivity contribution in [1.82, 2.24) is 0 Å². The highest BCUT2D eigenvalue weighted by molar-refractivity contribution is 5.99. The molecule has 5 heteroatoms. The summed E-state index contributed by atoms with van der Waals surface area (Å²) in [7, 11) is 0. The van der Waals surface area contributed by atoms with Gasteiger partial charge in [0.2, 0.25) is 5.43 Å². The van der Waals surface area contributed by atoms with Crippen molar-refractivity contribution < 1.29 is 19.0 Å². The average molecular weight is 378 g/mol. The van der Waals surface area contributed by atoms with E-state index in [1.165, 1.54) is 0 Å². The fourth-order valence-electron chi connectivity index (χ4n) is 4.07. The quantitative estimate of drug-likeness (QED) is 0.561. The topological polar surface area (TPSA) is 68.9 Å². The van der Waals surface area contributed by atoms with Crippen molar-refractivity contribution >= 4 is 28.0 Å². The summed E-state index contributed by atoms with van der Waals surface area (Å²) in [4.78, 5) is 13.4. The van der Waals surface area contributed by atoms with Gasteiger partial charge in [-0.15, -0.1) is 0 Å². The zero-order valence-electron chi connectivity index (χ0n) is 16.4. The molecule has 5 nitrogen and oxygen atoms in total. The molecule has 0 aliphatic carbocycles. The molecule has 0 saturated carbocycles. The molecule has 1 aromatic heterocycles. The number of rotatable bonds is 0. The predicted molar refractivity (Wildman–Crippen MR) is 108 cm³/mol. The third kappa shape index (κ3) is 2.42. The molecule has 0 spiro atoms. The Morgan fingerprint density at radius 1 is 1.00 bits per heavy atom. The third-order valence-electron chi connectivity index (χ3n) is 5.56. The Kier molecular flexibility index (Phi) is 3.26. The molecule has 1 N–H and O–H groups in total. The van der Waals surface area contributed by atoms with Crippen molar-refractivity contribution in [2.24, 2.45) is 0 Å². The fourth-order valence-corrected chi connectivity index (χ4v) is 4.07. The van der Waals surface area contributed by atoms with Crippen LogP contribution in [0.2, 0.25) is 0 Å². The first-order valence-corrected chi connectivity index (χ1v) is 9.51. The highest BCUT2D eigenvalue weighted by atomic mass is 16.5. The summed E-state index contributed by atoms with van der Waals surface area (Å²) in [6.07, 6.45) is 5.22. The summed E-state index contributed by atoms with van der Waals surface area (Å²) in [5.41, 5.74) is 1.11. The summed E-state index contributed by atoms with van der Waals surface area (Å²) >= 11 is 0. The molecular weight excluding hydrogens is 356 g/mol. The Hall–Kier alpha value is -2.95. The van der Waals surface area contributed by atoms with Gasteiger partial charge in [0.25, 0.3) is 0 Å². The van der Waals surface area contributed by atoms with Gasteiger partial charge in [-0.25, -0.2) is 0 Å². The lowest BCUT2D eigenvalue weighted by molar-refractivity contribution is 0.0839. The van der Waals surface area contributed by atoms with Crippen molar-refractivity contribution in [3.05, 3.63) is 45.6 Å². The first-order chi connectivity index (χ1) is 13.2. The zero-order chi connectivity index (χ0) is 19.8. The van der Waals surface area contributed by atoms with E-state index in [4.69, 9.17) is 13.9 Å². The van der Waals surface area contributed by atoms with E-state index in [0.29, 0.717) is 45.6 Å². The van der Waals surface area contributed by atoms with Crippen molar-refractivity contribution in [3.63, 3.8) is 0 Å². The van der Waals surface area contributed by atoms with Gasteiger partial charge in [0, 0.05) is 17.2 Å². The number of phenolic OH excluding ortho intramolecular Hbond substituents is 1. The van der Waals surface area contributed by atoms with E-state index >= 15 is 0 Å². The first-order valence-electron chi connectivity index (χ1n) is 9.51. The van der Waals surface area contributed by atoms with Gasteiger partial charge < -0.3 is 19.0 Å². The van der Waals surface area contributed by atoms with Crippen LogP contribution in [-0.4, -0.2) is 16.3 Å². The van der Waals surface area contributed by atoms with Crippen LogP contribution in [-0.2, 0) is 6.42 Å². The third-order valence-corrected chi connectivity index (χ3v) is 5.56. The summed E-state index contributed by atoms with van der Waals surface area (Å²) in [5.74, 6) is 1.16. The van der Waals surface area contributed by atoms with Crippen molar-refractivity contribution in [3.8, 4) is 17.2 Å². The van der Waals surface area contributed by atoms with E-state index in [-0.39, 0.29) is 22.2 Å². The summed E-state index contributed by atoms with van der Waals surface area (Å²) < 4.78 is 18.0. The summed E-state index contributed by atoms with van der Waals surface area (Å²) in [6.45, 7) is 7.93. The lowest BCUT2D eigenvalue weighted by Crippen LogP contribution is -2.32. The average Bonchev–Trinajstić information content (AvgIpc) is 2.59. The minimum absolute atomic E-state index is 0.0442. The first kappa shape index (κ1) is 17.2. The normalized spacial score (nSPS) is 19.0. The van der Waals surface area contributed by atoms with Crippen LogP contribution >= 0.6 is 0 Å². The molecule has 2 aromatic carbocycles. The van der Waals surface area contributed by atoms with Crippen LogP contribution in [0.1, 0.15) is 45.2 Å². The largest absolute Gasteiger partial charge is 0.507 e. The Labute approximate surface area is 162 Å². The Bertz CT molecular complexity index is 1240. The number of aromatic hydroxyl groups is 1. The summed E-state index contributed by atoms with van der Waals surface area (Å²) in [6, 6.07) is 5.28. The van der Waals surface area contributed by atoms with Gasteiger partial charge in [-0.05, 0) is 58.7 Å². The highest BCUT2D eigenvalue weighted by Crippen LogP contribution is 2.43. The number of fused-ring (bicyclic) bond motifs is 5. The maximum absolute atomic E-state index is 13.4. The Morgan fingerprint density at radius 2 is 1.79 bits per heavy atom. The van der Waals surface area contributed by atoms with Crippen LogP contribution in [0.4, 0.5) is 0 Å². The van der Waals surface area contributed by atoms with E-state index in [9.17, 15) is 9.90 Å². The number of ether oxygens (including phenoxy) is 2. The molecular formula is C23H22O5. The molecule has 2 aliphatic heterocycles. The molecule has 0 unspecified atom stereocenters. The number of benzene rings is 2. The molecule has 0 bridgehead atoms. The van der Waals surface area contributed by atoms with Gasteiger partial charge in [-0.2, -0.15) is 0 Å². The van der Waals surface area contributed by atoms with Crippen LogP contribution in [0.3, 0.4) is 0 Å². The van der Waals surface area contributed by atoms with Gasteiger partial charge in [-0.3, -0.25) is 4.79 Å². The van der Waals surface area contributed by atoms with E-state index in [1.807, 2.05) is 45.9 Å². The van der Waals surface area contributed by atoms with Gasteiger partial charge in [0.15, 0.2) is 0 Å². The maximum Gasteiger partial charge on any atom is 0.205 e. The van der Waals surface area contributed by atoms with Crippen molar-refractivity contribution in [2.75, 3.05) is 0 Å². The lowest BCUT2D eigenvalue weighted by Gasteiger charge is -2.33. The standard InChI is InChI=1S/C23H22O5/c1-22(2)9-7-12-14(27-22)5-6-15-18(12)21(25)19-17(26-15)11-16-13(20(19)24)8-10-23(3,4)28-16/h5-7,9,11,24H,8,10H2,1-4H3. The molecule has 0 amide bonds. The fraction of sp³-hybridized carbons (Fsp3) is 0.348. The predicted octanol–water partition coefficient (Wildman–Crippen LogP) is 4.94. The Morgan fingerprint density at radius 3 is 2.57 bits per heavy atom. The van der Waals surface area contributed by atoms with E-state index in [1.54, 1.807) is 12.1 Å². The lowest BCUT2D eigenvalue weighted by atomic mass is 9.92. The summed E-state index contributed by atoms with van der Waals surface area (Å²) in [5, 5.41) is 11.5. The van der Waals surface area contributed by atoms with Crippen LogP contribution in [0.25, 0.3) is 28.0 Å². The highest BCUT2D eigenvalue weighted by Gasteiger charge is 2.31. The maximum atomic E-state index is 13.4. The molecule has 0 fully saturated rings. The zero-order valence-corrected chi connectivity index (χ0v) is 16.4. The molecule has 28 heavy (non-hydrogen) atoms. The van der Waals surface area contributed by atoms with Crippen LogP contribution in [0.15, 0.2) is 33.5 Å². The minimum atomic E-state index is -0.441. The molecule has 144 valence electrons. The SMILES string of the molecule is CC1(C)C=Cc2c(ccc3oc4cc5c(c(O)c4c(=O)c23)CCC(C)(C)O5)O1. The van der Waals surface area contributed by atoms with E-state index in [0.717, 1.165) is 6.42 Å². The van der Waals surface area contributed by atoms with Gasteiger partial charge in [0.1, 0.15) is 45.0 Å². The minimum Gasteiger partial charge on any atom is -0.507 e. The van der Waals surface area contributed by atoms with Crippen LogP contribution in [0, 0.1) is 0 Å². The van der Waals surface area contributed by atoms with Gasteiger partial charge in [-0.1, -0.05) is 6.08 Å². The molecule has 3 heterocycles. The van der Waals surface area contributed by atoms with E-state index in [2.05, 4.69) is 0 Å². The number of phenols is 1. The second-order valence-corrected chi connectivity index (χ2v) is 8.76. The van der Waals surface area contributed by atoms with Crippen molar-refractivity contribution in [2.45, 2.75) is 51.7 Å². The van der Waals surface area contributed by atoms with Gasteiger partial charge in [0.05, 0.1) is 5.39 Å². The van der Waals surface area contributed by atoms with Crippen molar-refractivity contribution in [1.29, 1.82) is 0 Å². The smallest absolute Gasteiger partial charge is 0.205 e. The molecule has 2 aliphatic rings. The van der Waals surface area contributed by atoms with Gasteiger partial charge >= 0.3 is 0 Å². The molecule has 0 radical (unpaired) electrons. The molecule has 3 aromatic rings. The second kappa shape index (κ2) is 5.31. The van der Waals surface area contributed by atoms with Crippen LogP contribution in [0.5, 0.6) is 17.2 Å². The molecule has 0 saturated heterocycles. The van der Waals surface area contributed by atoms with E-state index < -0.39 is 5.60 Å². The number of hydrogen-bond acceptors (Lipinski definition) is 5. The molecule has 5 rings (SSSR count). The Balaban J connectivity index is 1.84. The molecule has 0 atom stereocenters. The second-order valence-electron chi connectivity index (χ2n) is 8.76.